The topological polar surface area (TPSA) is 83.0 Å². The summed E-state index contributed by atoms with van der Waals surface area (Å²) in [5.74, 6) is 1.38. The van der Waals surface area contributed by atoms with Gasteiger partial charge in [-0.2, -0.15) is 4.98 Å². The molecule has 2 aromatic heterocycles. The molecule has 0 amide bonds. The normalized spacial score (nSPS) is 12.1. The Hall–Kier alpha value is -2.51. The Morgan fingerprint density at radius 1 is 1.07 bits per heavy atom. The van der Waals surface area contributed by atoms with Gasteiger partial charge in [0.25, 0.3) is 0 Å². The van der Waals surface area contributed by atoms with Crippen molar-refractivity contribution in [3.63, 3.8) is 0 Å². The number of anilines is 3. The minimum absolute atomic E-state index is 0.00911. The molecule has 3 rings (SSSR count). The minimum Gasteiger partial charge on any atom is -0.394 e. The van der Waals surface area contributed by atoms with Crippen molar-refractivity contribution in [1.82, 2.24) is 15.0 Å². The van der Waals surface area contributed by atoms with Gasteiger partial charge in [0.2, 0.25) is 5.95 Å². The van der Waals surface area contributed by atoms with Gasteiger partial charge in [-0.25, -0.2) is 4.98 Å². The second-order valence-corrected chi connectivity index (χ2v) is 7.82. The number of aliphatic hydroxyl groups is 1. The molecule has 146 valence electrons. The van der Waals surface area contributed by atoms with E-state index in [0.717, 1.165) is 27.0 Å². The largest absolute Gasteiger partial charge is 0.394 e. The Morgan fingerprint density at radius 3 is 2.46 bits per heavy atom. The van der Waals surface area contributed by atoms with E-state index in [4.69, 9.17) is 0 Å². The quantitative estimate of drug-likeness (QED) is 0.489. The lowest BCUT2D eigenvalue weighted by atomic mass is 10.1. The molecule has 6 nitrogen and oxygen atoms in total. The zero-order valence-corrected chi connectivity index (χ0v) is 17.7. The van der Waals surface area contributed by atoms with Gasteiger partial charge in [-0.1, -0.05) is 29.8 Å². The molecule has 0 radical (unpaired) electrons. The van der Waals surface area contributed by atoms with Crippen LogP contribution in [-0.2, 0) is 0 Å². The molecule has 0 bridgehead atoms. The minimum atomic E-state index is -0.129. The maximum Gasteiger partial charge on any atom is 0.225 e. The lowest BCUT2D eigenvalue weighted by Gasteiger charge is -2.20. The van der Waals surface area contributed by atoms with Gasteiger partial charge in [0.05, 0.1) is 18.3 Å². The number of aliphatic hydroxyl groups excluding tert-OH is 1. The molecule has 0 aliphatic carbocycles. The highest BCUT2D eigenvalue weighted by Crippen LogP contribution is 2.26. The van der Waals surface area contributed by atoms with Crippen molar-refractivity contribution in [2.24, 2.45) is 5.92 Å². The Balaban J connectivity index is 1.97. The molecule has 0 spiro atoms. The van der Waals surface area contributed by atoms with Gasteiger partial charge >= 0.3 is 0 Å². The third kappa shape index (κ3) is 5.05. The SMILES string of the molecule is Cc1cc(Nc2cc(-c3ccncc3)nc(N[C@@H](CO)C(C)C)n2)ccc1Br. The Kier molecular flexibility index (Phi) is 6.59. The van der Waals surface area contributed by atoms with E-state index < -0.39 is 0 Å². The van der Waals surface area contributed by atoms with Gasteiger partial charge in [-0.3, -0.25) is 4.98 Å². The van der Waals surface area contributed by atoms with Crippen LogP contribution >= 0.6 is 15.9 Å². The summed E-state index contributed by atoms with van der Waals surface area (Å²) in [5, 5.41) is 16.3. The number of nitrogens with zero attached hydrogens (tertiary/aromatic N) is 3. The van der Waals surface area contributed by atoms with E-state index in [-0.39, 0.29) is 18.6 Å². The fourth-order valence-corrected chi connectivity index (χ4v) is 2.95. The highest BCUT2D eigenvalue weighted by molar-refractivity contribution is 9.10. The van der Waals surface area contributed by atoms with Gasteiger partial charge in [0.15, 0.2) is 0 Å². The van der Waals surface area contributed by atoms with Crippen LogP contribution in [0.5, 0.6) is 0 Å². The smallest absolute Gasteiger partial charge is 0.225 e. The highest BCUT2D eigenvalue weighted by Gasteiger charge is 2.15. The first kappa shape index (κ1) is 20.2. The fraction of sp³-hybridized carbons (Fsp3) is 0.286. The Morgan fingerprint density at radius 2 is 1.82 bits per heavy atom. The molecule has 0 saturated heterocycles. The molecule has 28 heavy (non-hydrogen) atoms. The van der Waals surface area contributed by atoms with Gasteiger partial charge in [0, 0.05) is 34.2 Å². The maximum atomic E-state index is 9.66. The van der Waals surface area contributed by atoms with Gasteiger partial charge in [-0.05, 0) is 48.7 Å². The monoisotopic (exact) mass is 441 g/mol. The predicted octanol–water partition coefficient (Wildman–Crippen LogP) is 4.78. The van der Waals surface area contributed by atoms with Crippen LogP contribution in [0, 0.1) is 12.8 Å². The Bertz CT molecular complexity index is 933. The third-order valence-electron chi connectivity index (χ3n) is 4.45. The van der Waals surface area contributed by atoms with E-state index in [1.54, 1.807) is 12.4 Å². The molecule has 0 aliphatic heterocycles. The van der Waals surface area contributed by atoms with Crippen LogP contribution in [0.3, 0.4) is 0 Å². The molecule has 3 N–H and O–H groups in total. The van der Waals surface area contributed by atoms with Gasteiger partial charge < -0.3 is 15.7 Å². The number of aromatic nitrogens is 3. The van der Waals surface area contributed by atoms with E-state index in [0.29, 0.717) is 11.8 Å². The van der Waals surface area contributed by atoms with Crippen molar-refractivity contribution in [3.05, 3.63) is 58.8 Å². The number of nitrogens with one attached hydrogen (secondary N) is 2. The summed E-state index contributed by atoms with van der Waals surface area (Å²) >= 11 is 3.52. The van der Waals surface area contributed by atoms with Crippen LogP contribution in [-0.4, -0.2) is 32.7 Å². The number of benzene rings is 1. The van der Waals surface area contributed by atoms with Crippen LogP contribution in [0.2, 0.25) is 0 Å². The van der Waals surface area contributed by atoms with Crippen LogP contribution < -0.4 is 10.6 Å². The first-order valence-electron chi connectivity index (χ1n) is 9.16. The fourth-order valence-electron chi connectivity index (χ4n) is 2.71. The number of rotatable bonds is 7. The lowest BCUT2D eigenvalue weighted by molar-refractivity contribution is 0.248. The lowest BCUT2D eigenvalue weighted by Crippen LogP contribution is -2.30. The maximum absolute atomic E-state index is 9.66. The zero-order valence-electron chi connectivity index (χ0n) is 16.1. The average Bonchev–Trinajstić information content (AvgIpc) is 2.69. The summed E-state index contributed by atoms with van der Waals surface area (Å²) in [5.41, 5.74) is 3.79. The molecule has 0 saturated carbocycles. The second-order valence-electron chi connectivity index (χ2n) is 6.96. The summed E-state index contributed by atoms with van der Waals surface area (Å²) in [6, 6.07) is 11.6. The first-order valence-corrected chi connectivity index (χ1v) is 9.95. The van der Waals surface area contributed by atoms with Crippen molar-refractivity contribution < 1.29 is 5.11 Å². The van der Waals surface area contributed by atoms with E-state index in [2.05, 4.69) is 47.6 Å². The predicted molar refractivity (Wildman–Crippen MR) is 117 cm³/mol. The van der Waals surface area contributed by atoms with E-state index in [9.17, 15) is 5.11 Å². The summed E-state index contributed by atoms with van der Waals surface area (Å²) < 4.78 is 1.06. The van der Waals surface area contributed by atoms with Crippen molar-refractivity contribution in [1.29, 1.82) is 0 Å². The van der Waals surface area contributed by atoms with Crippen LogP contribution in [0.15, 0.2) is 53.3 Å². The molecule has 2 heterocycles. The Labute approximate surface area is 173 Å². The van der Waals surface area contributed by atoms with Crippen molar-refractivity contribution in [3.8, 4) is 11.3 Å². The zero-order chi connectivity index (χ0) is 20.1. The first-order chi connectivity index (χ1) is 13.5. The molecule has 3 aromatic rings. The highest BCUT2D eigenvalue weighted by atomic mass is 79.9. The molecular weight excluding hydrogens is 418 g/mol. The van der Waals surface area contributed by atoms with Crippen LogP contribution in [0.4, 0.5) is 17.5 Å². The van der Waals surface area contributed by atoms with Crippen molar-refractivity contribution >= 4 is 33.4 Å². The van der Waals surface area contributed by atoms with Crippen molar-refractivity contribution in [2.75, 3.05) is 17.2 Å². The number of halogens is 1. The van der Waals surface area contributed by atoms with Crippen LogP contribution in [0.25, 0.3) is 11.3 Å². The number of aryl methyl sites for hydroxylation is 1. The van der Waals surface area contributed by atoms with E-state index >= 15 is 0 Å². The average molecular weight is 442 g/mol. The molecule has 7 heteroatoms. The number of pyridine rings is 1. The number of hydrogen-bond acceptors (Lipinski definition) is 6. The van der Waals surface area contributed by atoms with E-state index in [1.807, 2.05) is 51.1 Å². The molecule has 1 atom stereocenters. The summed E-state index contributed by atoms with van der Waals surface area (Å²) in [4.78, 5) is 13.3. The molecule has 1 aromatic carbocycles. The number of hydrogen-bond donors (Lipinski definition) is 3. The summed E-state index contributed by atoms with van der Waals surface area (Å²) in [7, 11) is 0. The molecule has 0 unspecified atom stereocenters. The molecule has 0 fully saturated rings. The van der Waals surface area contributed by atoms with E-state index in [1.165, 1.54) is 0 Å². The second kappa shape index (κ2) is 9.12. The van der Waals surface area contributed by atoms with Crippen molar-refractivity contribution in [2.45, 2.75) is 26.8 Å². The summed E-state index contributed by atoms with van der Waals surface area (Å²) in [6.07, 6.45) is 3.47. The standard InChI is InChI=1S/C21H24BrN5O/c1-13(2)19(12-28)26-21-25-18(15-6-8-23-9-7-15)11-20(27-21)24-16-4-5-17(22)14(3)10-16/h4-11,13,19,28H,12H2,1-3H3,(H2,24,25,26,27)/t19-/m0/s1. The summed E-state index contributed by atoms with van der Waals surface area (Å²) in [6.45, 7) is 6.14. The third-order valence-corrected chi connectivity index (χ3v) is 5.34. The van der Waals surface area contributed by atoms with Gasteiger partial charge in [-0.15, -0.1) is 0 Å². The molecular formula is C21H24BrN5O. The molecule has 0 aliphatic rings. The van der Waals surface area contributed by atoms with Gasteiger partial charge in [0.1, 0.15) is 5.82 Å². The van der Waals surface area contributed by atoms with Crippen LogP contribution in [0.1, 0.15) is 19.4 Å².